The van der Waals surface area contributed by atoms with E-state index in [-0.39, 0.29) is 5.91 Å². The number of carbonyl (C=O) groups excluding carboxylic acids is 1. The van der Waals surface area contributed by atoms with E-state index in [2.05, 4.69) is 24.9 Å². The third-order valence-electron chi connectivity index (χ3n) is 4.36. The van der Waals surface area contributed by atoms with Crippen LogP contribution in [0, 0.1) is 0 Å². The Labute approximate surface area is 149 Å². The highest BCUT2D eigenvalue weighted by Crippen LogP contribution is 2.28. The third kappa shape index (κ3) is 2.85. The fourth-order valence-electron chi connectivity index (χ4n) is 3.07. The van der Waals surface area contributed by atoms with E-state index < -0.39 is 0 Å². The van der Waals surface area contributed by atoms with Gasteiger partial charge in [0.15, 0.2) is 0 Å². The van der Waals surface area contributed by atoms with Crippen molar-refractivity contribution in [2.45, 2.75) is 13.0 Å². The summed E-state index contributed by atoms with van der Waals surface area (Å²) < 4.78 is 5.27. The highest BCUT2D eigenvalue weighted by molar-refractivity contribution is 5.97. The smallest absolute Gasteiger partial charge is 0.258 e. The summed E-state index contributed by atoms with van der Waals surface area (Å²) in [5.41, 5.74) is 3.93. The monoisotopic (exact) mass is 348 g/mol. The van der Waals surface area contributed by atoms with Crippen LogP contribution in [0.25, 0.3) is 11.3 Å². The van der Waals surface area contributed by atoms with Crippen LogP contribution < -0.4 is 4.74 Å². The van der Waals surface area contributed by atoms with Gasteiger partial charge < -0.3 is 9.64 Å². The first-order chi connectivity index (χ1) is 12.8. The molecule has 0 saturated carbocycles. The van der Waals surface area contributed by atoms with Crippen molar-refractivity contribution in [3.05, 3.63) is 60.3 Å². The van der Waals surface area contributed by atoms with Gasteiger partial charge in [0.25, 0.3) is 5.91 Å². The lowest BCUT2D eigenvalue weighted by Gasteiger charge is -2.29. The van der Waals surface area contributed by atoms with E-state index in [1.54, 1.807) is 42.1 Å². The number of aromatic nitrogens is 5. The van der Waals surface area contributed by atoms with Crippen LogP contribution in [0.4, 0.5) is 0 Å². The molecule has 0 unspecified atom stereocenters. The van der Waals surface area contributed by atoms with Crippen molar-refractivity contribution in [2.75, 3.05) is 13.7 Å². The number of amides is 1. The standard InChI is InChI=1S/C18H16N6O2/c1-26-16-8-19-4-2-13(16)18(25)24-5-3-15-14(9-24)17(23-11-22-15)12-6-20-10-21-7-12/h2,4,6-8,10-11H,3,5,9H2,1H3. The lowest BCUT2D eigenvalue weighted by atomic mass is 10.00. The topological polar surface area (TPSA) is 94.0 Å². The maximum absolute atomic E-state index is 13.0. The van der Waals surface area contributed by atoms with Gasteiger partial charge in [-0.15, -0.1) is 0 Å². The molecule has 130 valence electrons. The molecule has 8 nitrogen and oxygen atoms in total. The van der Waals surface area contributed by atoms with Gasteiger partial charge in [-0.3, -0.25) is 9.78 Å². The van der Waals surface area contributed by atoms with E-state index in [9.17, 15) is 4.79 Å². The molecule has 0 N–H and O–H groups in total. The van der Waals surface area contributed by atoms with Gasteiger partial charge in [0.2, 0.25) is 0 Å². The van der Waals surface area contributed by atoms with Gasteiger partial charge in [0.05, 0.1) is 30.3 Å². The Morgan fingerprint density at radius 2 is 1.96 bits per heavy atom. The van der Waals surface area contributed by atoms with E-state index >= 15 is 0 Å². The Bertz CT molecular complexity index is 947. The average molecular weight is 348 g/mol. The molecular weight excluding hydrogens is 332 g/mol. The fraction of sp³-hybridized carbons (Fsp3) is 0.222. The fourth-order valence-corrected chi connectivity index (χ4v) is 3.07. The van der Waals surface area contributed by atoms with E-state index in [0.29, 0.717) is 30.8 Å². The van der Waals surface area contributed by atoms with Crippen LogP contribution in [0.15, 0.2) is 43.5 Å². The molecule has 8 heteroatoms. The van der Waals surface area contributed by atoms with Gasteiger partial charge in [-0.05, 0) is 6.07 Å². The zero-order chi connectivity index (χ0) is 17.9. The maximum Gasteiger partial charge on any atom is 0.258 e. The molecule has 0 saturated heterocycles. The van der Waals surface area contributed by atoms with Crippen LogP contribution in [0.3, 0.4) is 0 Å². The Balaban J connectivity index is 1.69. The number of hydrogen-bond donors (Lipinski definition) is 0. The summed E-state index contributed by atoms with van der Waals surface area (Å²) in [4.78, 5) is 35.7. The predicted molar refractivity (Wildman–Crippen MR) is 92.3 cm³/mol. The van der Waals surface area contributed by atoms with Crippen LogP contribution in [-0.2, 0) is 13.0 Å². The van der Waals surface area contributed by atoms with Crippen LogP contribution >= 0.6 is 0 Å². The molecule has 0 aromatic carbocycles. The zero-order valence-electron chi connectivity index (χ0n) is 14.2. The Morgan fingerprint density at radius 1 is 1.12 bits per heavy atom. The maximum atomic E-state index is 13.0. The SMILES string of the molecule is COc1cnccc1C(=O)N1CCc2ncnc(-c3cncnc3)c2C1. The van der Waals surface area contributed by atoms with Gasteiger partial charge in [0.1, 0.15) is 18.4 Å². The summed E-state index contributed by atoms with van der Waals surface area (Å²) in [5, 5.41) is 0. The van der Waals surface area contributed by atoms with Crippen LogP contribution in [0.2, 0.25) is 0 Å². The summed E-state index contributed by atoms with van der Waals surface area (Å²) in [5.74, 6) is 0.360. The minimum Gasteiger partial charge on any atom is -0.494 e. The first kappa shape index (κ1) is 16.1. The Hall–Kier alpha value is -3.42. The third-order valence-corrected chi connectivity index (χ3v) is 4.36. The summed E-state index contributed by atoms with van der Waals surface area (Å²) >= 11 is 0. The molecule has 0 fully saturated rings. The molecule has 3 aromatic rings. The number of rotatable bonds is 3. The Morgan fingerprint density at radius 3 is 2.77 bits per heavy atom. The molecule has 1 amide bonds. The van der Waals surface area contributed by atoms with Crippen molar-refractivity contribution in [1.29, 1.82) is 0 Å². The van der Waals surface area contributed by atoms with Crippen molar-refractivity contribution in [1.82, 2.24) is 29.8 Å². The summed E-state index contributed by atoms with van der Waals surface area (Å²) in [6.45, 7) is 1.00. The van der Waals surface area contributed by atoms with Crippen LogP contribution in [0.5, 0.6) is 5.75 Å². The lowest BCUT2D eigenvalue weighted by molar-refractivity contribution is 0.0730. The van der Waals surface area contributed by atoms with E-state index in [1.807, 2.05) is 0 Å². The van der Waals surface area contributed by atoms with Crippen molar-refractivity contribution in [3.8, 4) is 17.0 Å². The first-order valence-electron chi connectivity index (χ1n) is 8.13. The molecule has 1 aliphatic heterocycles. The van der Waals surface area contributed by atoms with E-state index in [0.717, 1.165) is 22.5 Å². The second-order valence-corrected chi connectivity index (χ2v) is 5.83. The van der Waals surface area contributed by atoms with Gasteiger partial charge in [-0.25, -0.2) is 19.9 Å². The normalized spacial score (nSPS) is 13.2. The number of methoxy groups -OCH3 is 1. The zero-order valence-corrected chi connectivity index (χ0v) is 14.2. The van der Waals surface area contributed by atoms with Crippen LogP contribution in [0.1, 0.15) is 21.6 Å². The molecule has 3 aromatic heterocycles. The molecular formula is C18H16N6O2. The van der Waals surface area contributed by atoms with Gasteiger partial charge in [0, 0.05) is 49.2 Å². The number of carbonyl (C=O) groups is 1. The average Bonchev–Trinajstić information content (AvgIpc) is 2.73. The first-order valence-corrected chi connectivity index (χ1v) is 8.13. The van der Waals surface area contributed by atoms with Crippen LogP contribution in [-0.4, -0.2) is 49.4 Å². The quantitative estimate of drug-likeness (QED) is 0.708. The molecule has 0 bridgehead atoms. The second kappa shape index (κ2) is 6.83. The van der Waals surface area contributed by atoms with Gasteiger partial charge >= 0.3 is 0 Å². The lowest BCUT2D eigenvalue weighted by Crippen LogP contribution is -2.37. The summed E-state index contributed by atoms with van der Waals surface area (Å²) in [6.07, 6.45) is 10.2. The van der Waals surface area contributed by atoms with Crippen molar-refractivity contribution in [2.24, 2.45) is 0 Å². The number of ether oxygens (including phenoxy) is 1. The second-order valence-electron chi connectivity index (χ2n) is 5.83. The highest BCUT2D eigenvalue weighted by atomic mass is 16.5. The van der Waals surface area contributed by atoms with Crippen molar-refractivity contribution < 1.29 is 9.53 Å². The molecule has 0 aliphatic carbocycles. The van der Waals surface area contributed by atoms with Crippen molar-refractivity contribution in [3.63, 3.8) is 0 Å². The van der Waals surface area contributed by atoms with E-state index in [4.69, 9.17) is 4.74 Å². The highest BCUT2D eigenvalue weighted by Gasteiger charge is 2.27. The predicted octanol–water partition coefficient (Wildman–Crippen LogP) is 1.54. The minimum atomic E-state index is -0.103. The van der Waals surface area contributed by atoms with Crippen molar-refractivity contribution >= 4 is 5.91 Å². The molecule has 0 radical (unpaired) electrons. The molecule has 26 heavy (non-hydrogen) atoms. The molecule has 4 heterocycles. The molecule has 0 spiro atoms. The number of nitrogens with zero attached hydrogens (tertiary/aromatic N) is 6. The summed E-state index contributed by atoms with van der Waals surface area (Å²) in [6, 6.07) is 1.67. The largest absolute Gasteiger partial charge is 0.494 e. The number of pyridine rings is 1. The summed E-state index contributed by atoms with van der Waals surface area (Å²) in [7, 11) is 1.53. The number of hydrogen-bond acceptors (Lipinski definition) is 7. The Kier molecular flexibility index (Phi) is 4.22. The van der Waals surface area contributed by atoms with Gasteiger partial charge in [-0.1, -0.05) is 0 Å². The number of fused-ring (bicyclic) bond motifs is 1. The molecule has 0 atom stereocenters. The molecule has 4 rings (SSSR count). The minimum absolute atomic E-state index is 0.103. The molecule has 1 aliphatic rings. The van der Waals surface area contributed by atoms with E-state index in [1.165, 1.54) is 13.4 Å². The van der Waals surface area contributed by atoms with Gasteiger partial charge in [-0.2, -0.15) is 0 Å².